The van der Waals surface area contributed by atoms with Gasteiger partial charge in [0.1, 0.15) is 11.9 Å². The van der Waals surface area contributed by atoms with Gasteiger partial charge in [0, 0.05) is 30.1 Å². The molecule has 0 radical (unpaired) electrons. The van der Waals surface area contributed by atoms with Crippen LogP contribution in [0.15, 0.2) is 29.3 Å². The van der Waals surface area contributed by atoms with Crippen LogP contribution in [0.25, 0.3) is 0 Å². The minimum atomic E-state index is -0.382. The number of carbonyl (C=O) groups excluding carboxylic acids is 1. The number of nitrogens with zero attached hydrogens (tertiary/aromatic N) is 1. The van der Waals surface area contributed by atoms with Crippen molar-refractivity contribution in [3.05, 3.63) is 29.3 Å². The number of rotatable bonds is 8. The van der Waals surface area contributed by atoms with Gasteiger partial charge in [-0.3, -0.25) is 4.79 Å². The largest absolute Gasteiger partial charge is 0.489 e. The van der Waals surface area contributed by atoms with Crippen LogP contribution in [0.5, 0.6) is 5.75 Å². The molecule has 6 nitrogen and oxygen atoms in total. The highest BCUT2D eigenvalue weighted by atomic mass is 35.5. The molecule has 1 rings (SSSR count). The third-order valence-electron chi connectivity index (χ3n) is 3.39. The number of hydrogen-bond acceptors (Lipinski definition) is 3. The predicted octanol–water partition coefficient (Wildman–Crippen LogP) is 2.82. The van der Waals surface area contributed by atoms with Crippen molar-refractivity contribution in [1.82, 2.24) is 16.0 Å². The molecule has 0 heterocycles. The minimum absolute atomic E-state index is 0.0335. The van der Waals surface area contributed by atoms with Gasteiger partial charge >= 0.3 is 0 Å². The molecule has 0 saturated heterocycles. The molecule has 0 aliphatic heterocycles. The zero-order chi connectivity index (χ0) is 19.6. The van der Waals surface area contributed by atoms with Crippen LogP contribution in [0.1, 0.15) is 34.6 Å². The molecular weight excluding hydrogens is 352 g/mol. The number of benzene rings is 1. The Morgan fingerprint density at radius 3 is 2.35 bits per heavy atom. The van der Waals surface area contributed by atoms with Crippen LogP contribution in [0, 0.1) is 5.41 Å². The summed E-state index contributed by atoms with van der Waals surface area (Å²) in [5, 5.41) is 9.97. The van der Waals surface area contributed by atoms with E-state index in [1.807, 2.05) is 46.8 Å². The summed E-state index contributed by atoms with van der Waals surface area (Å²) >= 11 is 5.87. The lowest BCUT2D eigenvalue weighted by Gasteiger charge is -2.18. The topological polar surface area (TPSA) is 74.8 Å². The number of hydrogen-bond donors (Lipinski definition) is 3. The Hall–Kier alpha value is -1.95. The summed E-state index contributed by atoms with van der Waals surface area (Å²) in [4.78, 5) is 16.4. The lowest BCUT2D eigenvalue weighted by molar-refractivity contribution is -0.128. The number of ether oxygens (including phenoxy) is 1. The molecule has 1 aromatic rings. The Kier molecular flexibility index (Phi) is 9.27. The van der Waals surface area contributed by atoms with Gasteiger partial charge in [-0.05, 0) is 38.1 Å². The third-order valence-corrected chi connectivity index (χ3v) is 3.64. The standard InChI is InChI=1S/C19H31ClN4O2/c1-6-21-18(23-12-11-22-17(25)19(3,4)5)24-13-14(2)26-16-9-7-15(20)8-10-16/h7-10,14H,6,11-13H2,1-5H3,(H,22,25)(H2,21,23,24). The molecular formula is C19H31ClN4O2. The fraction of sp³-hybridized carbons (Fsp3) is 0.579. The van der Waals surface area contributed by atoms with E-state index in [2.05, 4.69) is 20.9 Å². The molecule has 0 spiro atoms. The van der Waals surface area contributed by atoms with Gasteiger partial charge < -0.3 is 20.7 Å². The summed E-state index contributed by atoms with van der Waals surface area (Å²) in [7, 11) is 0. The minimum Gasteiger partial charge on any atom is -0.489 e. The highest BCUT2D eigenvalue weighted by molar-refractivity contribution is 6.30. The van der Waals surface area contributed by atoms with E-state index >= 15 is 0 Å². The van der Waals surface area contributed by atoms with E-state index in [4.69, 9.17) is 16.3 Å². The van der Waals surface area contributed by atoms with E-state index in [1.54, 1.807) is 12.1 Å². The molecule has 7 heteroatoms. The molecule has 146 valence electrons. The fourth-order valence-corrected chi connectivity index (χ4v) is 2.09. The summed E-state index contributed by atoms with van der Waals surface area (Å²) in [5.41, 5.74) is -0.382. The Balaban J connectivity index is 2.42. The molecule has 26 heavy (non-hydrogen) atoms. The summed E-state index contributed by atoms with van der Waals surface area (Å²) in [6, 6.07) is 7.27. The molecule has 0 aliphatic carbocycles. The summed E-state index contributed by atoms with van der Waals surface area (Å²) in [5.74, 6) is 1.50. The molecule has 1 aromatic carbocycles. The Bertz CT molecular complexity index is 582. The van der Waals surface area contributed by atoms with Crippen molar-refractivity contribution in [1.29, 1.82) is 0 Å². The number of halogens is 1. The van der Waals surface area contributed by atoms with Crippen LogP contribution in [0.4, 0.5) is 0 Å². The average molecular weight is 383 g/mol. The summed E-state index contributed by atoms with van der Waals surface area (Å²) in [6.07, 6.45) is -0.0766. The maximum Gasteiger partial charge on any atom is 0.225 e. The van der Waals surface area contributed by atoms with Gasteiger partial charge in [0.05, 0.1) is 6.54 Å². The average Bonchev–Trinajstić information content (AvgIpc) is 2.57. The van der Waals surface area contributed by atoms with Crippen molar-refractivity contribution in [2.75, 3.05) is 26.2 Å². The van der Waals surface area contributed by atoms with Crippen molar-refractivity contribution < 1.29 is 9.53 Å². The first-order valence-electron chi connectivity index (χ1n) is 8.95. The van der Waals surface area contributed by atoms with Crippen LogP contribution in [-0.2, 0) is 4.79 Å². The van der Waals surface area contributed by atoms with Crippen LogP contribution in [0.3, 0.4) is 0 Å². The molecule has 1 atom stereocenters. The molecule has 0 aliphatic rings. The summed E-state index contributed by atoms with van der Waals surface area (Å²) in [6.45, 7) is 12.0. The van der Waals surface area contributed by atoms with Gasteiger partial charge in [0.2, 0.25) is 5.91 Å². The first-order chi connectivity index (χ1) is 12.2. The Labute approximate surface area is 161 Å². The number of nitrogens with one attached hydrogen (secondary N) is 3. The van der Waals surface area contributed by atoms with Gasteiger partial charge in [0.15, 0.2) is 5.96 Å². The van der Waals surface area contributed by atoms with E-state index in [1.165, 1.54) is 0 Å². The maximum atomic E-state index is 11.8. The second kappa shape index (κ2) is 10.9. The highest BCUT2D eigenvalue weighted by Crippen LogP contribution is 2.16. The zero-order valence-corrected chi connectivity index (χ0v) is 17.1. The van der Waals surface area contributed by atoms with E-state index in [0.717, 1.165) is 12.3 Å². The van der Waals surface area contributed by atoms with E-state index < -0.39 is 0 Å². The highest BCUT2D eigenvalue weighted by Gasteiger charge is 2.20. The zero-order valence-electron chi connectivity index (χ0n) is 16.4. The van der Waals surface area contributed by atoms with Gasteiger partial charge in [-0.1, -0.05) is 32.4 Å². The van der Waals surface area contributed by atoms with Crippen LogP contribution in [0.2, 0.25) is 5.02 Å². The van der Waals surface area contributed by atoms with Gasteiger partial charge in [0.25, 0.3) is 0 Å². The van der Waals surface area contributed by atoms with Crippen molar-refractivity contribution in [3.8, 4) is 5.75 Å². The lowest BCUT2D eigenvalue weighted by atomic mass is 9.96. The molecule has 0 aromatic heterocycles. The predicted molar refractivity (Wildman–Crippen MR) is 108 cm³/mol. The van der Waals surface area contributed by atoms with Gasteiger partial charge in [-0.25, -0.2) is 4.99 Å². The van der Waals surface area contributed by atoms with E-state index in [0.29, 0.717) is 30.6 Å². The van der Waals surface area contributed by atoms with Crippen LogP contribution < -0.4 is 20.7 Å². The number of carbonyl (C=O) groups is 1. The van der Waals surface area contributed by atoms with Crippen LogP contribution in [-0.4, -0.2) is 44.1 Å². The fourth-order valence-electron chi connectivity index (χ4n) is 1.97. The van der Waals surface area contributed by atoms with E-state index in [9.17, 15) is 4.79 Å². The number of guanidine groups is 1. The number of aliphatic imine (C=N–C) groups is 1. The molecule has 3 N–H and O–H groups in total. The second-order valence-electron chi connectivity index (χ2n) is 7.03. The second-order valence-corrected chi connectivity index (χ2v) is 7.47. The van der Waals surface area contributed by atoms with Crippen LogP contribution >= 0.6 is 11.6 Å². The molecule has 0 saturated carbocycles. The van der Waals surface area contributed by atoms with Crippen molar-refractivity contribution >= 4 is 23.5 Å². The lowest BCUT2D eigenvalue weighted by Crippen LogP contribution is -2.43. The molecule has 0 bridgehead atoms. The normalized spacial score (nSPS) is 13.1. The maximum absolute atomic E-state index is 11.8. The molecule has 1 unspecified atom stereocenters. The Morgan fingerprint density at radius 2 is 1.77 bits per heavy atom. The van der Waals surface area contributed by atoms with E-state index in [-0.39, 0.29) is 17.4 Å². The SMILES string of the molecule is CCNC(=NCC(C)Oc1ccc(Cl)cc1)NCCNC(=O)C(C)(C)C. The summed E-state index contributed by atoms with van der Waals surface area (Å²) < 4.78 is 5.81. The van der Waals surface area contributed by atoms with Crippen molar-refractivity contribution in [2.24, 2.45) is 10.4 Å². The third kappa shape index (κ3) is 8.94. The van der Waals surface area contributed by atoms with Gasteiger partial charge in [-0.15, -0.1) is 0 Å². The first-order valence-corrected chi connectivity index (χ1v) is 9.33. The van der Waals surface area contributed by atoms with Crippen molar-refractivity contribution in [2.45, 2.75) is 40.7 Å². The van der Waals surface area contributed by atoms with Crippen molar-refractivity contribution in [3.63, 3.8) is 0 Å². The smallest absolute Gasteiger partial charge is 0.225 e. The molecule has 0 fully saturated rings. The van der Waals surface area contributed by atoms with Gasteiger partial charge in [-0.2, -0.15) is 0 Å². The first kappa shape index (κ1) is 22.1. The molecule has 1 amide bonds. The Morgan fingerprint density at radius 1 is 1.15 bits per heavy atom. The number of amides is 1. The quantitative estimate of drug-likeness (QED) is 0.367. The monoisotopic (exact) mass is 382 g/mol.